The maximum atomic E-state index is 4.49. The van der Waals surface area contributed by atoms with Crippen LogP contribution in [0.15, 0.2) is 16.6 Å². The third-order valence-electron chi connectivity index (χ3n) is 1.69. The first kappa shape index (κ1) is 14.2. The Balaban J connectivity index is 4.22. The zero-order chi connectivity index (χ0) is 11.4. The van der Waals surface area contributed by atoms with Gasteiger partial charge in [-0.05, 0) is 0 Å². The van der Waals surface area contributed by atoms with Crippen LogP contribution >= 0.6 is 0 Å². The van der Waals surface area contributed by atoms with Gasteiger partial charge in [0, 0.05) is 0 Å². The summed E-state index contributed by atoms with van der Waals surface area (Å²) < 4.78 is 1.32. The van der Waals surface area contributed by atoms with Crippen molar-refractivity contribution in [3.8, 4) is 0 Å². The summed E-state index contributed by atoms with van der Waals surface area (Å²) in [5, 5.41) is 0. The fraction of sp³-hybridized carbons (Fsp3) is 0.750. The SMILES string of the molecule is C/C(C=NC(C)(C)C)=C\[CH2][Sn]([CH3])([CH3])[CH3]. The molecule has 0 amide bonds. The van der Waals surface area contributed by atoms with Crippen LogP contribution in [0.1, 0.15) is 27.7 Å². The fourth-order valence-corrected chi connectivity index (χ4v) is 3.48. The van der Waals surface area contributed by atoms with Crippen molar-refractivity contribution in [3.63, 3.8) is 0 Å². The zero-order valence-electron chi connectivity index (χ0n) is 10.8. The zero-order valence-corrected chi connectivity index (χ0v) is 13.7. The number of nitrogens with zero attached hydrogens (tertiary/aromatic N) is 1. The number of allylic oxidation sites excluding steroid dienone is 2. The van der Waals surface area contributed by atoms with Gasteiger partial charge in [0.1, 0.15) is 0 Å². The topological polar surface area (TPSA) is 12.4 Å². The van der Waals surface area contributed by atoms with Gasteiger partial charge in [0.05, 0.1) is 0 Å². The van der Waals surface area contributed by atoms with Crippen LogP contribution in [0.25, 0.3) is 0 Å². The average Bonchev–Trinajstić information content (AvgIpc) is 1.94. The third-order valence-corrected chi connectivity index (χ3v) is 5.77. The summed E-state index contributed by atoms with van der Waals surface area (Å²) in [7, 11) is 0. The van der Waals surface area contributed by atoms with Gasteiger partial charge in [-0.3, -0.25) is 0 Å². The molecule has 0 saturated heterocycles. The van der Waals surface area contributed by atoms with Gasteiger partial charge < -0.3 is 0 Å². The first-order chi connectivity index (χ1) is 6.10. The Morgan fingerprint density at radius 2 is 1.71 bits per heavy atom. The molecule has 0 aromatic rings. The second kappa shape index (κ2) is 5.34. The fourth-order valence-electron chi connectivity index (χ4n) is 0.815. The summed E-state index contributed by atoms with van der Waals surface area (Å²) in [5.74, 6) is 0. The van der Waals surface area contributed by atoms with Gasteiger partial charge in [-0.2, -0.15) is 0 Å². The van der Waals surface area contributed by atoms with Gasteiger partial charge in [-0.1, -0.05) is 0 Å². The van der Waals surface area contributed by atoms with Crippen molar-refractivity contribution in [2.45, 2.75) is 52.5 Å². The number of hydrogen-bond donors (Lipinski definition) is 0. The standard InChI is InChI=1S/C9H16N.3CH3.Sn/c1-6-8(2)7-10-9(3,4)5;;;;/h6-7H,1H2,2-5H3;3*1H3;/b8-6+,10-7?;;;;. The predicted molar refractivity (Wildman–Crippen MR) is 70.2 cm³/mol. The molecule has 0 unspecified atom stereocenters. The van der Waals surface area contributed by atoms with Crippen molar-refractivity contribution in [1.82, 2.24) is 0 Å². The van der Waals surface area contributed by atoms with E-state index in [2.05, 4.69) is 53.6 Å². The van der Waals surface area contributed by atoms with Gasteiger partial charge in [0.25, 0.3) is 0 Å². The van der Waals surface area contributed by atoms with E-state index in [0.29, 0.717) is 0 Å². The van der Waals surface area contributed by atoms with E-state index >= 15 is 0 Å². The Labute approximate surface area is 93.6 Å². The van der Waals surface area contributed by atoms with Gasteiger partial charge in [0.15, 0.2) is 0 Å². The Morgan fingerprint density at radius 3 is 2.07 bits per heavy atom. The molecule has 0 aromatic carbocycles. The van der Waals surface area contributed by atoms with Crippen LogP contribution in [0, 0.1) is 0 Å². The van der Waals surface area contributed by atoms with E-state index in [9.17, 15) is 0 Å². The van der Waals surface area contributed by atoms with E-state index in [1.54, 1.807) is 0 Å². The summed E-state index contributed by atoms with van der Waals surface area (Å²) in [6.07, 6.45) is 4.36. The van der Waals surface area contributed by atoms with Crippen LogP contribution in [0.3, 0.4) is 0 Å². The normalized spacial score (nSPS) is 15.2. The van der Waals surface area contributed by atoms with Gasteiger partial charge in [0.2, 0.25) is 0 Å². The van der Waals surface area contributed by atoms with Gasteiger partial charge in [-0.25, -0.2) is 0 Å². The molecule has 0 spiro atoms. The van der Waals surface area contributed by atoms with E-state index in [-0.39, 0.29) is 5.54 Å². The summed E-state index contributed by atoms with van der Waals surface area (Å²) in [6.45, 7) is 8.52. The Bertz CT molecular complexity index is 226. The molecule has 0 N–H and O–H groups in total. The quantitative estimate of drug-likeness (QED) is 0.549. The molecule has 0 rings (SSSR count). The molecule has 14 heavy (non-hydrogen) atoms. The van der Waals surface area contributed by atoms with E-state index < -0.39 is 18.4 Å². The molecule has 0 bridgehead atoms. The van der Waals surface area contributed by atoms with Gasteiger partial charge >= 0.3 is 93.7 Å². The van der Waals surface area contributed by atoms with Gasteiger partial charge in [-0.15, -0.1) is 0 Å². The molecular formula is C12H25NSn. The molecular weight excluding hydrogens is 277 g/mol. The minimum atomic E-state index is -1.60. The molecule has 0 saturated carbocycles. The number of hydrogen-bond acceptors (Lipinski definition) is 1. The Kier molecular flexibility index (Phi) is 5.42. The van der Waals surface area contributed by atoms with Crippen LogP contribution in [0.5, 0.6) is 0 Å². The van der Waals surface area contributed by atoms with Crippen molar-refractivity contribution >= 4 is 24.6 Å². The molecule has 2 heteroatoms. The molecule has 0 fully saturated rings. The Morgan fingerprint density at radius 1 is 1.21 bits per heavy atom. The summed E-state index contributed by atoms with van der Waals surface area (Å²) in [6, 6.07) is 0. The Hall–Kier alpha value is 0.209. The van der Waals surface area contributed by atoms with E-state index in [1.165, 1.54) is 10.0 Å². The van der Waals surface area contributed by atoms with E-state index in [4.69, 9.17) is 0 Å². The second-order valence-electron chi connectivity index (χ2n) is 6.14. The van der Waals surface area contributed by atoms with Crippen molar-refractivity contribution in [3.05, 3.63) is 11.6 Å². The summed E-state index contributed by atoms with van der Waals surface area (Å²) in [5.41, 5.74) is 1.37. The van der Waals surface area contributed by atoms with Crippen LogP contribution < -0.4 is 0 Å². The second-order valence-corrected chi connectivity index (χ2v) is 21.9. The molecule has 0 aliphatic heterocycles. The molecule has 82 valence electrons. The molecule has 0 aliphatic rings. The first-order valence-corrected chi connectivity index (χ1v) is 15.9. The molecule has 0 aromatic heterocycles. The van der Waals surface area contributed by atoms with Crippen LogP contribution in [0.2, 0.25) is 19.3 Å². The number of aliphatic imine (C=N–C) groups is 1. The maximum absolute atomic E-state index is 4.49. The van der Waals surface area contributed by atoms with Crippen LogP contribution in [-0.4, -0.2) is 30.1 Å². The average molecular weight is 302 g/mol. The van der Waals surface area contributed by atoms with E-state index in [1.807, 2.05) is 6.21 Å². The van der Waals surface area contributed by atoms with Crippen molar-refractivity contribution in [2.75, 3.05) is 0 Å². The molecule has 0 atom stereocenters. The van der Waals surface area contributed by atoms with Crippen LogP contribution in [0.4, 0.5) is 0 Å². The van der Waals surface area contributed by atoms with Crippen molar-refractivity contribution < 1.29 is 0 Å². The summed E-state index contributed by atoms with van der Waals surface area (Å²) in [4.78, 5) is 11.9. The molecule has 0 aliphatic carbocycles. The minimum absolute atomic E-state index is 0.0557. The molecule has 1 nitrogen and oxygen atoms in total. The third kappa shape index (κ3) is 10.3. The molecule has 0 heterocycles. The summed E-state index contributed by atoms with van der Waals surface area (Å²) >= 11 is -1.60. The molecule has 0 radical (unpaired) electrons. The van der Waals surface area contributed by atoms with Crippen molar-refractivity contribution in [2.24, 2.45) is 4.99 Å². The first-order valence-electron chi connectivity index (χ1n) is 5.32. The van der Waals surface area contributed by atoms with E-state index in [0.717, 1.165) is 0 Å². The van der Waals surface area contributed by atoms with Crippen molar-refractivity contribution in [1.29, 1.82) is 0 Å². The number of rotatable bonds is 3. The van der Waals surface area contributed by atoms with Crippen LogP contribution in [-0.2, 0) is 0 Å². The predicted octanol–water partition coefficient (Wildman–Crippen LogP) is 4.14. The monoisotopic (exact) mass is 303 g/mol.